The Hall–Kier alpha value is -0.540. The first-order valence-electron chi connectivity index (χ1n) is 8.33. The summed E-state index contributed by atoms with van der Waals surface area (Å²) in [7, 11) is 2.27. The molecular formula is C18H29BrN2. The predicted octanol–water partition coefficient (Wildman–Crippen LogP) is 4.96. The van der Waals surface area contributed by atoms with E-state index in [4.69, 9.17) is 0 Å². The molecule has 2 rings (SSSR count). The van der Waals surface area contributed by atoms with Gasteiger partial charge in [-0.2, -0.15) is 0 Å². The van der Waals surface area contributed by atoms with Crippen LogP contribution in [0.1, 0.15) is 51.5 Å². The molecule has 1 N–H and O–H groups in total. The van der Waals surface area contributed by atoms with Crippen LogP contribution in [0.15, 0.2) is 22.7 Å². The third-order valence-corrected chi connectivity index (χ3v) is 5.19. The van der Waals surface area contributed by atoms with Crippen molar-refractivity contribution in [2.45, 2.75) is 58.5 Å². The van der Waals surface area contributed by atoms with Crippen molar-refractivity contribution in [3.8, 4) is 0 Å². The Morgan fingerprint density at radius 3 is 2.62 bits per heavy atom. The lowest BCUT2D eigenvalue weighted by Crippen LogP contribution is -2.35. The van der Waals surface area contributed by atoms with Crippen molar-refractivity contribution in [1.82, 2.24) is 5.32 Å². The molecule has 1 fully saturated rings. The Morgan fingerprint density at radius 1 is 1.24 bits per heavy atom. The molecule has 1 aromatic rings. The molecule has 0 spiro atoms. The van der Waals surface area contributed by atoms with Gasteiger partial charge in [-0.15, -0.1) is 0 Å². The fourth-order valence-electron chi connectivity index (χ4n) is 3.27. The number of hydrogen-bond acceptors (Lipinski definition) is 2. The fourth-order valence-corrected chi connectivity index (χ4v) is 3.67. The van der Waals surface area contributed by atoms with Crippen LogP contribution >= 0.6 is 15.9 Å². The molecule has 0 amide bonds. The van der Waals surface area contributed by atoms with Crippen molar-refractivity contribution in [2.75, 3.05) is 18.5 Å². The zero-order valence-electron chi connectivity index (χ0n) is 13.7. The van der Waals surface area contributed by atoms with E-state index in [0.29, 0.717) is 6.04 Å². The second-order valence-corrected chi connectivity index (χ2v) is 7.39. The molecule has 0 saturated heterocycles. The number of benzene rings is 1. The van der Waals surface area contributed by atoms with Gasteiger partial charge in [0.15, 0.2) is 0 Å². The molecule has 2 nitrogen and oxygen atoms in total. The number of rotatable bonds is 6. The topological polar surface area (TPSA) is 15.3 Å². The van der Waals surface area contributed by atoms with E-state index >= 15 is 0 Å². The molecule has 1 saturated carbocycles. The molecule has 0 radical (unpaired) electrons. The molecular weight excluding hydrogens is 324 g/mol. The first-order chi connectivity index (χ1) is 10.1. The van der Waals surface area contributed by atoms with Gasteiger partial charge in [0, 0.05) is 29.8 Å². The molecule has 1 aliphatic rings. The molecule has 1 aromatic carbocycles. The molecule has 1 aliphatic carbocycles. The predicted molar refractivity (Wildman–Crippen MR) is 96.0 cm³/mol. The van der Waals surface area contributed by atoms with Crippen LogP contribution in [0.3, 0.4) is 0 Å². The average Bonchev–Trinajstić information content (AvgIpc) is 2.48. The van der Waals surface area contributed by atoms with Gasteiger partial charge in [0.05, 0.1) is 0 Å². The maximum absolute atomic E-state index is 3.61. The minimum atomic E-state index is 0.701. The van der Waals surface area contributed by atoms with Gasteiger partial charge in [-0.3, -0.25) is 0 Å². The summed E-state index contributed by atoms with van der Waals surface area (Å²) in [5.41, 5.74) is 2.79. The van der Waals surface area contributed by atoms with Gasteiger partial charge in [0.2, 0.25) is 0 Å². The van der Waals surface area contributed by atoms with Crippen molar-refractivity contribution >= 4 is 21.6 Å². The summed E-state index contributed by atoms with van der Waals surface area (Å²) in [6.45, 7) is 6.63. The highest BCUT2D eigenvalue weighted by molar-refractivity contribution is 9.10. The standard InChI is InChI=1S/C18H29BrN2/c1-4-11-20-13-15-12-16(19)7-10-18(15)21(3)17-8-5-14(2)6-9-17/h7,10,12,14,17,20H,4-6,8-9,11,13H2,1-3H3. The maximum Gasteiger partial charge on any atom is 0.0412 e. The van der Waals surface area contributed by atoms with Crippen molar-refractivity contribution in [1.29, 1.82) is 0 Å². The highest BCUT2D eigenvalue weighted by Gasteiger charge is 2.23. The van der Waals surface area contributed by atoms with E-state index in [9.17, 15) is 0 Å². The molecule has 0 atom stereocenters. The number of hydrogen-bond donors (Lipinski definition) is 1. The molecule has 0 unspecified atom stereocenters. The Morgan fingerprint density at radius 2 is 1.95 bits per heavy atom. The smallest absolute Gasteiger partial charge is 0.0412 e. The lowest BCUT2D eigenvalue weighted by molar-refractivity contribution is 0.340. The van der Waals surface area contributed by atoms with E-state index in [1.165, 1.54) is 47.8 Å². The summed E-state index contributed by atoms with van der Waals surface area (Å²) in [4.78, 5) is 2.52. The third kappa shape index (κ3) is 4.72. The van der Waals surface area contributed by atoms with Crippen molar-refractivity contribution < 1.29 is 0 Å². The summed E-state index contributed by atoms with van der Waals surface area (Å²) >= 11 is 3.61. The molecule has 3 heteroatoms. The van der Waals surface area contributed by atoms with Gasteiger partial charge in [0.1, 0.15) is 0 Å². The van der Waals surface area contributed by atoms with Crippen molar-refractivity contribution in [2.24, 2.45) is 5.92 Å². The van der Waals surface area contributed by atoms with E-state index in [2.05, 4.69) is 65.2 Å². The van der Waals surface area contributed by atoms with Crippen LogP contribution in [0.5, 0.6) is 0 Å². The highest BCUT2D eigenvalue weighted by atomic mass is 79.9. The monoisotopic (exact) mass is 352 g/mol. The molecule has 0 aromatic heterocycles. The first-order valence-corrected chi connectivity index (χ1v) is 9.13. The number of nitrogens with one attached hydrogen (secondary N) is 1. The van der Waals surface area contributed by atoms with E-state index in [1.807, 2.05) is 0 Å². The highest BCUT2D eigenvalue weighted by Crippen LogP contribution is 2.32. The van der Waals surface area contributed by atoms with Crippen LogP contribution in [0.4, 0.5) is 5.69 Å². The quantitative estimate of drug-likeness (QED) is 0.727. The lowest BCUT2D eigenvalue weighted by Gasteiger charge is -2.36. The van der Waals surface area contributed by atoms with Crippen LogP contribution in [0.25, 0.3) is 0 Å². The van der Waals surface area contributed by atoms with Crippen LogP contribution < -0.4 is 10.2 Å². The molecule has 0 bridgehead atoms. The van der Waals surface area contributed by atoms with Crippen LogP contribution in [0, 0.1) is 5.92 Å². The second-order valence-electron chi connectivity index (χ2n) is 6.47. The largest absolute Gasteiger partial charge is 0.371 e. The molecule has 0 heterocycles. The zero-order chi connectivity index (χ0) is 15.2. The van der Waals surface area contributed by atoms with Gasteiger partial charge in [-0.05, 0) is 68.3 Å². The third-order valence-electron chi connectivity index (χ3n) is 4.70. The molecule has 118 valence electrons. The van der Waals surface area contributed by atoms with Gasteiger partial charge in [-0.25, -0.2) is 0 Å². The lowest BCUT2D eigenvalue weighted by atomic mass is 9.86. The van der Waals surface area contributed by atoms with E-state index in [-0.39, 0.29) is 0 Å². The van der Waals surface area contributed by atoms with Crippen LogP contribution in [-0.4, -0.2) is 19.6 Å². The minimum absolute atomic E-state index is 0.701. The molecule has 0 aliphatic heterocycles. The van der Waals surface area contributed by atoms with Crippen LogP contribution in [-0.2, 0) is 6.54 Å². The second kappa shape index (κ2) is 8.19. The van der Waals surface area contributed by atoms with Crippen molar-refractivity contribution in [3.05, 3.63) is 28.2 Å². The number of nitrogens with zero attached hydrogens (tertiary/aromatic N) is 1. The Bertz CT molecular complexity index is 439. The Labute approximate surface area is 138 Å². The summed E-state index contributed by atoms with van der Waals surface area (Å²) in [5.74, 6) is 0.908. The molecule has 21 heavy (non-hydrogen) atoms. The van der Waals surface area contributed by atoms with E-state index in [1.54, 1.807) is 0 Å². The van der Waals surface area contributed by atoms with Gasteiger partial charge in [-0.1, -0.05) is 29.8 Å². The normalized spacial score (nSPS) is 22.3. The zero-order valence-corrected chi connectivity index (χ0v) is 15.2. The van der Waals surface area contributed by atoms with Crippen LogP contribution in [0.2, 0.25) is 0 Å². The average molecular weight is 353 g/mol. The van der Waals surface area contributed by atoms with Gasteiger partial charge >= 0.3 is 0 Å². The summed E-state index contributed by atoms with van der Waals surface area (Å²) in [6.07, 6.45) is 6.58. The Balaban J connectivity index is 2.09. The number of anilines is 1. The van der Waals surface area contributed by atoms with Gasteiger partial charge < -0.3 is 10.2 Å². The summed E-state index contributed by atoms with van der Waals surface area (Å²) < 4.78 is 1.17. The number of halogens is 1. The fraction of sp³-hybridized carbons (Fsp3) is 0.667. The summed E-state index contributed by atoms with van der Waals surface area (Å²) in [5, 5.41) is 3.54. The minimum Gasteiger partial charge on any atom is -0.371 e. The van der Waals surface area contributed by atoms with Gasteiger partial charge in [0.25, 0.3) is 0 Å². The summed E-state index contributed by atoms with van der Waals surface area (Å²) in [6, 6.07) is 7.40. The van der Waals surface area contributed by atoms with Crippen molar-refractivity contribution in [3.63, 3.8) is 0 Å². The SMILES string of the molecule is CCCNCc1cc(Br)ccc1N(C)C1CCC(C)CC1. The first kappa shape index (κ1) is 16.8. The van der Waals surface area contributed by atoms with E-state index in [0.717, 1.165) is 19.0 Å². The maximum atomic E-state index is 3.61. The van der Waals surface area contributed by atoms with E-state index < -0.39 is 0 Å². The Kier molecular flexibility index (Phi) is 6.56.